The van der Waals surface area contributed by atoms with Gasteiger partial charge in [-0.2, -0.15) is 5.26 Å². The van der Waals surface area contributed by atoms with Crippen molar-refractivity contribution < 1.29 is 4.39 Å². The third-order valence-corrected chi connectivity index (χ3v) is 4.24. The lowest BCUT2D eigenvalue weighted by Crippen LogP contribution is -2.36. The molecule has 0 radical (unpaired) electrons. The standard InChI is InChI=1S/C15H18FN3/c16-15-9-13(5-4-12(15)10-17)19-8-2-7-18-6-1-3-14(18)11-19/h4-5,9,14H,1-3,6-8,11H2. The van der Waals surface area contributed by atoms with E-state index in [1.165, 1.54) is 25.5 Å². The smallest absolute Gasteiger partial charge is 0.143 e. The van der Waals surface area contributed by atoms with Crippen LogP contribution in [-0.4, -0.2) is 37.1 Å². The highest BCUT2D eigenvalue weighted by Crippen LogP contribution is 2.26. The van der Waals surface area contributed by atoms with E-state index in [1.54, 1.807) is 6.07 Å². The summed E-state index contributed by atoms with van der Waals surface area (Å²) in [6.07, 6.45) is 3.65. The molecular weight excluding hydrogens is 241 g/mol. The molecule has 2 aliphatic heterocycles. The number of fused-ring (bicyclic) bond motifs is 1. The van der Waals surface area contributed by atoms with E-state index in [9.17, 15) is 4.39 Å². The second-order valence-electron chi connectivity index (χ2n) is 5.41. The van der Waals surface area contributed by atoms with Crippen molar-refractivity contribution in [2.45, 2.75) is 25.3 Å². The first-order chi connectivity index (χ1) is 9.28. The lowest BCUT2D eigenvalue weighted by Gasteiger charge is -2.27. The minimum absolute atomic E-state index is 0.126. The summed E-state index contributed by atoms with van der Waals surface area (Å²) in [5, 5.41) is 8.78. The molecule has 1 unspecified atom stereocenters. The first-order valence-corrected chi connectivity index (χ1v) is 6.96. The number of rotatable bonds is 1. The second kappa shape index (κ2) is 5.18. The summed E-state index contributed by atoms with van der Waals surface area (Å²) in [6, 6.07) is 7.44. The van der Waals surface area contributed by atoms with Gasteiger partial charge in [-0.15, -0.1) is 0 Å². The Bertz CT molecular complexity index is 509. The lowest BCUT2D eigenvalue weighted by molar-refractivity contribution is 0.273. The molecule has 2 fully saturated rings. The summed E-state index contributed by atoms with van der Waals surface area (Å²) in [7, 11) is 0. The maximum atomic E-state index is 13.7. The van der Waals surface area contributed by atoms with Crippen LogP contribution in [0.5, 0.6) is 0 Å². The van der Waals surface area contributed by atoms with Crippen LogP contribution in [0, 0.1) is 17.1 Å². The van der Waals surface area contributed by atoms with Crippen LogP contribution in [0.25, 0.3) is 0 Å². The monoisotopic (exact) mass is 259 g/mol. The molecule has 19 heavy (non-hydrogen) atoms. The largest absolute Gasteiger partial charge is 0.370 e. The number of halogens is 1. The van der Waals surface area contributed by atoms with Crippen LogP contribution in [0.2, 0.25) is 0 Å². The minimum atomic E-state index is -0.410. The van der Waals surface area contributed by atoms with Crippen LogP contribution in [0.1, 0.15) is 24.8 Å². The van der Waals surface area contributed by atoms with Gasteiger partial charge in [-0.1, -0.05) is 0 Å². The molecular formula is C15H18FN3. The zero-order valence-electron chi connectivity index (χ0n) is 11.0. The number of nitrogens with zero attached hydrogens (tertiary/aromatic N) is 3. The molecule has 2 aliphatic rings. The van der Waals surface area contributed by atoms with Gasteiger partial charge in [-0.3, -0.25) is 4.90 Å². The molecule has 1 aromatic carbocycles. The first-order valence-electron chi connectivity index (χ1n) is 6.96. The van der Waals surface area contributed by atoms with Gasteiger partial charge in [-0.05, 0) is 44.0 Å². The molecule has 2 saturated heterocycles. The quantitative estimate of drug-likeness (QED) is 0.775. The van der Waals surface area contributed by atoms with Gasteiger partial charge >= 0.3 is 0 Å². The third-order valence-electron chi connectivity index (χ3n) is 4.24. The number of hydrogen-bond acceptors (Lipinski definition) is 3. The zero-order chi connectivity index (χ0) is 13.2. The Morgan fingerprint density at radius 3 is 2.84 bits per heavy atom. The molecule has 0 aliphatic carbocycles. The third kappa shape index (κ3) is 2.43. The van der Waals surface area contributed by atoms with E-state index in [1.807, 2.05) is 12.1 Å². The minimum Gasteiger partial charge on any atom is -0.370 e. The Morgan fingerprint density at radius 1 is 1.21 bits per heavy atom. The highest BCUT2D eigenvalue weighted by atomic mass is 19.1. The summed E-state index contributed by atoms with van der Waals surface area (Å²) in [5.74, 6) is -0.410. The normalized spacial score (nSPS) is 23.8. The van der Waals surface area contributed by atoms with E-state index in [0.29, 0.717) is 6.04 Å². The average molecular weight is 259 g/mol. The van der Waals surface area contributed by atoms with E-state index < -0.39 is 5.82 Å². The Kier molecular flexibility index (Phi) is 3.39. The molecule has 0 spiro atoms. The van der Waals surface area contributed by atoms with Gasteiger partial charge in [0.25, 0.3) is 0 Å². The van der Waals surface area contributed by atoms with E-state index in [2.05, 4.69) is 9.80 Å². The molecule has 2 heterocycles. The first kappa shape index (κ1) is 12.4. The van der Waals surface area contributed by atoms with Crippen molar-refractivity contribution in [3.8, 4) is 6.07 Å². The molecule has 100 valence electrons. The van der Waals surface area contributed by atoms with Crippen LogP contribution in [0.3, 0.4) is 0 Å². The Balaban J connectivity index is 1.81. The predicted octanol–water partition coefficient (Wildman–Crippen LogP) is 2.37. The van der Waals surface area contributed by atoms with Crippen molar-refractivity contribution in [2.75, 3.05) is 31.1 Å². The second-order valence-corrected chi connectivity index (χ2v) is 5.41. The van der Waals surface area contributed by atoms with E-state index in [-0.39, 0.29) is 5.56 Å². The van der Waals surface area contributed by atoms with Crippen LogP contribution < -0.4 is 4.90 Å². The number of hydrogen-bond donors (Lipinski definition) is 0. The van der Waals surface area contributed by atoms with Crippen LogP contribution >= 0.6 is 0 Å². The SMILES string of the molecule is N#Cc1ccc(N2CCCN3CCCC3C2)cc1F. The zero-order valence-corrected chi connectivity index (χ0v) is 11.0. The molecule has 0 aromatic heterocycles. The van der Waals surface area contributed by atoms with Gasteiger partial charge in [0.15, 0.2) is 0 Å². The van der Waals surface area contributed by atoms with E-state index >= 15 is 0 Å². The van der Waals surface area contributed by atoms with Gasteiger partial charge in [-0.25, -0.2) is 4.39 Å². The van der Waals surface area contributed by atoms with Crippen molar-refractivity contribution in [3.63, 3.8) is 0 Å². The summed E-state index contributed by atoms with van der Waals surface area (Å²) in [4.78, 5) is 4.82. The van der Waals surface area contributed by atoms with Gasteiger partial charge in [0.05, 0.1) is 5.56 Å². The summed E-state index contributed by atoms with van der Waals surface area (Å²) < 4.78 is 13.7. The average Bonchev–Trinajstić information content (AvgIpc) is 2.76. The molecule has 1 atom stereocenters. The van der Waals surface area contributed by atoms with Crippen LogP contribution in [0.15, 0.2) is 18.2 Å². The van der Waals surface area contributed by atoms with E-state index in [0.717, 1.165) is 31.7 Å². The Labute approximate surface area is 113 Å². The maximum Gasteiger partial charge on any atom is 0.143 e. The van der Waals surface area contributed by atoms with Crippen molar-refractivity contribution in [2.24, 2.45) is 0 Å². The van der Waals surface area contributed by atoms with Crippen molar-refractivity contribution >= 4 is 5.69 Å². The molecule has 0 amide bonds. The van der Waals surface area contributed by atoms with Crippen molar-refractivity contribution in [3.05, 3.63) is 29.6 Å². The Hall–Kier alpha value is -1.60. The van der Waals surface area contributed by atoms with Gasteiger partial charge in [0, 0.05) is 31.4 Å². The van der Waals surface area contributed by atoms with Crippen LogP contribution in [-0.2, 0) is 0 Å². The highest BCUT2D eigenvalue weighted by molar-refractivity contribution is 5.50. The molecule has 3 rings (SSSR count). The predicted molar refractivity (Wildman–Crippen MR) is 72.5 cm³/mol. The van der Waals surface area contributed by atoms with Gasteiger partial charge in [0.2, 0.25) is 0 Å². The summed E-state index contributed by atoms with van der Waals surface area (Å²) >= 11 is 0. The fourth-order valence-electron chi connectivity index (χ4n) is 3.23. The molecule has 0 bridgehead atoms. The van der Waals surface area contributed by atoms with Crippen molar-refractivity contribution in [1.82, 2.24) is 4.90 Å². The number of benzene rings is 1. The summed E-state index contributed by atoms with van der Waals surface area (Å²) in [6.45, 7) is 4.31. The van der Waals surface area contributed by atoms with Crippen LogP contribution in [0.4, 0.5) is 10.1 Å². The highest BCUT2D eigenvalue weighted by Gasteiger charge is 2.28. The number of anilines is 1. The molecule has 4 heteroatoms. The number of nitriles is 1. The molecule has 0 saturated carbocycles. The molecule has 3 nitrogen and oxygen atoms in total. The van der Waals surface area contributed by atoms with Crippen molar-refractivity contribution in [1.29, 1.82) is 5.26 Å². The topological polar surface area (TPSA) is 30.3 Å². The Morgan fingerprint density at radius 2 is 2.05 bits per heavy atom. The molecule has 1 aromatic rings. The van der Waals surface area contributed by atoms with Gasteiger partial charge in [0.1, 0.15) is 11.9 Å². The van der Waals surface area contributed by atoms with E-state index in [4.69, 9.17) is 5.26 Å². The van der Waals surface area contributed by atoms with Gasteiger partial charge < -0.3 is 4.90 Å². The lowest BCUT2D eigenvalue weighted by atomic mass is 10.1. The maximum absolute atomic E-state index is 13.7. The molecule has 0 N–H and O–H groups in total. The fraction of sp³-hybridized carbons (Fsp3) is 0.533. The summed E-state index contributed by atoms with van der Waals surface area (Å²) in [5.41, 5.74) is 1.03. The fourth-order valence-corrected chi connectivity index (χ4v) is 3.23.